The number of hydrogen-bond donors (Lipinski definition) is 1. The van der Waals surface area contributed by atoms with Gasteiger partial charge in [0.2, 0.25) is 5.91 Å². The fourth-order valence-electron chi connectivity index (χ4n) is 3.69. The summed E-state index contributed by atoms with van der Waals surface area (Å²) in [5.41, 5.74) is 1.57. The normalized spacial score (nSPS) is 21.4. The van der Waals surface area contributed by atoms with E-state index < -0.39 is 0 Å². The quantitative estimate of drug-likeness (QED) is 0.863. The Morgan fingerprint density at radius 3 is 2.76 bits per heavy atom. The molecule has 7 nitrogen and oxygen atoms in total. The minimum atomic E-state index is -0.0233. The van der Waals surface area contributed by atoms with Gasteiger partial charge in [0.1, 0.15) is 0 Å². The Balaban J connectivity index is 0.00000225. The van der Waals surface area contributed by atoms with Crippen LogP contribution >= 0.6 is 12.4 Å². The molecule has 1 N–H and O–H groups in total. The molecule has 2 fully saturated rings. The second kappa shape index (κ2) is 8.19. The third-order valence-electron chi connectivity index (χ3n) is 4.98. The van der Waals surface area contributed by atoms with Crippen molar-refractivity contribution < 1.29 is 9.59 Å². The maximum atomic E-state index is 12.8. The van der Waals surface area contributed by atoms with Crippen LogP contribution in [-0.4, -0.2) is 70.2 Å². The van der Waals surface area contributed by atoms with Gasteiger partial charge in [-0.1, -0.05) is 13.8 Å². The van der Waals surface area contributed by atoms with Gasteiger partial charge in [0.25, 0.3) is 5.91 Å². The molecule has 0 bridgehead atoms. The average Bonchev–Trinajstić information content (AvgIpc) is 2.97. The summed E-state index contributed by atoms with van der Waals surface area (Å²) in [6.07, 6.45) is 1.90. The number of piperazine rings is 1. The Hall–Kier alpha value is -1.60. The molecule has 8 heteroatoms. The minimum absolute atomic E-state index is 0. The predicted octanol–water partition coefficient (Wildman–Crippen LogP) is 1.00. The zero-order valence-electron chi connectivity index (χ0n) is 15.2. The number of likely N-dealkylation sites (tertiary alicyclic amines) is 1. The van der Waals surface area contributed by atoms with E-state index in [0.29, 0.717) is 24.7 Å². The van der Waals surface area contributed by atoms with Crippen LogP contribution in [0.4, 0.5) is 0 Å². The Kier molecular flexibility index (Phi) is 6.46. The van der Waals surface area contributed by atoms with Crippen LogP contribution in [0, 0.1) is 0 Å². The monoisotopic (exact) mass is 369 g/mol. The smallest absolute Gasteiger partial charge is 0.274 e. The molecule has 1 atom stereocenters. The van der Waals surface area contributed by atoms with Gasteiger partial charge in [-0.3, -0.25) is 14.3 Å². The van der Waals surface area contributed by atoms with Crippen molar-refractivity contribution in [2.75, 3.05) is 32.7 Å². The standard InChI is InChI=1S/C17H27N5O2.ClH/c1-12(2)15-9-14(19-20(15)3)17(24)21-7-4-5-13(11-21)22-8-6-18-10-16(22)23;/h9,12-13,18H,4-8,10-11H2,1-3H3;1H. The molecule has 2 amide bonds. The van der Waals surface area contributed by atoms with Crippen LogP contribution in [0.3, 0.4) is 0 Å². The number of carbonyl (C=O) groups excluding carboxylic acids is 2. The van der Waals surface area contributed by atoms with E-state index in [1.165, 1.54) is 0 Å². The van der Waals surface area contributed by atoms with Crippen LogP contribution < -0.4 is 5.32 Å². The summed E-state index contributed by atoms with van der Waals surface area (Å²) >= 11 is 0. The number of amides is 2. The lowest BCUT2D eigenvalue weighted by molar-refractivity contribution is -0.135. The van der Waals surface area contributed by atoms with Crippen molar-refractivity contribution in [1.29, 1.82) is 0 Å². The Labute approximate surface area is 155 Å². The molecule has 0 aliphatic carbocycles. The van der Waals surface area contributed by atoms with Crippen molar-refractivity contribution in [1.82, 2.24) is 24.9 Å². The van der Waals surface area contributed by atoms with Gasteiger partial charge in [-0.05, 0) is 24.8 Å². The lowest BCUT2D eigenvalue weighted by Crippen LogP contribution is -2.57. The largest absolute Gasteiger partial charge is 0.336 e. The molecule has 1 aromatic heterocycles. The number of hydrogen-bond acceptors (Lipinski definition) is 4. The molecule has 0 saturated carbocycles. The molecule has 0 aromatic carbocycles. The number of aromatic nitrogens is 2. The first-order chi connectivity index (χ1) is 11.5. The van der Waals surface area contributed by atoms with Gasteiger partial charge in [-0.2, -0.15) is 5.10 Å². The van der Waals surface area contributed by atoms with Crippen molar-refractivity contribution in [2.24, 2.45) is 7.05 Å². The highest BCUT2D eigenvalue weighted by Crippen LogP contribution is 2.20. The number of carbonyl (C=O) groups is 2. The van der Waals surface area contributed by atoms with Crippen molar-refractivity contribution in [3.63, 3.8) is 0 Å². The maximum Gasteiger partial charge on any atom is 0.274 e. The van der Waals surface area contributed by atoms with Gasteiger partial charge in [0.05, 0.1) is 6.54 Å². The van der Waals surface area contributed by atoms with E-state index in [0.717, 1.165) is 38.2 Å². The zero-order chi connectivity index (χ0) is 17.3. The van der Waals surface area contributed by atoms with E-state index in [2.05, 4.69) is 24.3 Å². The van der Waals surface area contributed by atoms with E-state index in [-0.39, 0.29) is 30.3 Å². The molecule has 140 valence electrons. The first kappa shape index (κ1) is 19.7. The molecular weight excluding hydrogens is 342 g/mol. The highest BCUT2D eigenvalue weighted by Gasteiger charge is 2.32. The van der Waals surface area contributed by atoms with Crippen molar-refractivity contribution in [3.8, 4) is 0 Å². The van der Waals surface area contributed by atoms with Crippen LogP contribution in [0.2, 0.25) is 0 Å². The van der Waals surface area contributed by atoms with E-state index >= 15 is 0 Å². The summed E-state index contributed by atoms with van der Waals surface area (Å²) in [6, 6.07) is 2.03. The van der Waals surface area contributed by atoms with Crippen molar-refractivity contribution >= 4 is 24.2 Å². The van der Waals surface area contributed by atoms with Gasteiger partial charge in [-0.15, -0.1) is 12.4 Å². The molecule has 3 heterocycles. The number of rotatable bonds is 3. The summed E-state index contributed by atoms with van der Waals surface area (Å²) in [4.78, 5) is 28.7. The van der Waals surface area contributed by atoms with Crippen LogP contribution in [0.5, 0.6) is 0 Å². The lowest BCUT2D eigenvalue weighted by atomic mass is 10.0. The number of nitrogens with one attached hydrogen (secondary N) is 1. The van der Waals surface area contributed by atoms with E-state index in [1.54, 1.807) is 4.68 Å². The summed E-state index contributed by atoms with van der Waals surface area (Å²) in [5.74, 6) is 0.446. The fraction of sp³-hybridized carbons (Fsp3) is 0.706. The SMILES string of the molecule is CC(C)c1cc(C(=O)N2CCCC(N3CCNCC3=O)C2)nn1C.Cl. The molecule has 25 heavy (non-hydrogen) atoms. The summed E-state index contributed by atoms with van der Waals surface area (Å²) < 4.78 is 1.79. The van der Waals surface area contributed by atoms with Crippen LogP contribution in [0.15, 0.2) is 6.07 Å². The van der Waals surface area contributed by atoms with Gasteiger partial charge >= 0.3 is 0 Å². The average molecular weight is 370 g/mol. The van der Waals surface area contributed by atoms with Crippen LogP contribution in [-0.2, 0) is 11.8 Å². The summed E-state index contributed by atoms with van der Waals surface area (Å²) in [7, 11) is 1.88. The number of aryl methyl sites for hydroxylation is 1. The molecule has 2 aliphatic heterocycles. The van der Waals surface area contributed by atoms with Gasteiger partial charge in [0, 0.05) is 45.0 Å². The molecule has 2 aliphatic rings. The highest BCUT2D eigenvalue weighted by atomic mass is 35.5. The molecule has 1 unspecified atom stereocenters. The molecule has 3 rings (SSSR count). The summed E-state index contributed by atoms with van der Waals surface area (Å²) in [5, 5.41) is 7.49. The topological polar surface area (TPSA) is 70.5 Å². The predicted molar refractivity (Wildman–Crippen MR) is 98.1 cm³/mol. The number of halogens is 1. The first-order valence-corrected chi connectivity index (χ1v) is 8.80. The second-order valence-electron chi connectivity index (χ2n) is 7.04. The second-order valence-corrected chi connectivity index (χ2v) is 7.04. The lowest BCUT2D eigenvalue weighted by Gasteiger charge is -2.40. The molecular formula is C17H28ClN5O2. The van der Waals surface area contributed by atoms with Crippen LogP contribution in [0.1, 0.15) is 48.8 Å². The third-order valence-corrected chi connectivity index (χ3v) is 4.98. The van der Waals surface area contributed by atoms with Crippen LogP contribution in [0.25, 0.3) is 0 Å². The molecule has 0 radical (unpaired) electrons. The first-order valence-electron chi connectivity index (χ1n) is 8.80. The van der Waals surface area contributed by atoms with Gasteiger partial charge in [0.15, 0.2) is 5.69 Å². The Morgan fingerprint density at radius 2 is 2.12 bits per heavy atom. The van der Waals surface area contributed by atoms with E-state index in [4.69, 9.17) is 0 Å². The fourth-order valence-corrected chi connectivity index (χ4v) is 3.69. The van der Waals surface area contributed by atoms with Crippen molar-refractivity contribution in [3.05, 3.63) is 17.5 Å². The highest BCUT2D eigenvalue weighted by molar-refractivity contribution is 5.92. The van der Waals surface area contributed by atoms with Gasteiger partial charge in [-0.25, -0.2) is 0 Å². The zero-order valence-corrected chi connectivity index (χ0v) is 16.0. The van der Waals surface area contributed by atoms with E-state index in [9.17, 15) is 9.59 Å². The molecule has 2 saturated heterocycles. The molecule has 0 spiro atoms. The van der Waals surface area contributed by atoms with Crippen molar-refractivity contribution in [2.45, 2.75) is 38.6 Å². The molecule has 1 aromatic rings. The Bertz CT molecular complexity index is 631. The minimum Gasteiger partial charge on any atom is -0.336 e. The summed E-state index contributed by atoms with van der Waals surface area (Å²) in [6.45, 7) is 7.50. The number of nitrogens with zero attached hydrogens (tertiary/aromatic N) is 4. The van der Waals surface area contributed by atoms with Gasteiger partial charge < -0.3 is 15.1 Å². The third kappa shape index (κ3) is 4.15. The maximum absolute atomic E-state index is 12.8. The number of piperidine rings is 1. The van der Waals surface area contributed by atoms with E-state index in [1.807, 2.05) is 22.9 Å². The Morgan fingerprint density at radius 1 is 1.36 bits per heavy atom.